The summed E-state index contributed by atoms with van der Waals surface area (Å²) >= 11 is 1.69. The van der Waals surface area contributed by atoms with Crippen LogP contribution in [0.5, 0.6) is 0 Å². The Bertz CT molecular complexity index is 445. The van der Waals surface area contributed by atoms with Gasteiger partial charge in [0.05, 0.1) is 0 Å². The highest BCUT2D eigenvalue weighted by Crippen LogP contribution is 2.40. The van der Waals surface area contributed by atoms with E-state index in [1.807, 2.05) is 0 Å². The van der Waals surface area contributed by atoms with Crippen molar-refractivity contribution in [3.63, 3.8) is 0 Å². The van der Waals surface area contributed by atoms with E-state index in [1.165, 1.54) is 11.1 Å². The number of aryl methyl sites for hydroxylation is 1. The fourth-order valence-electron chi connectivity index (χ4n) is 2.13. The van der Waals surface area contributed by atoms with Gasteiger partial charge in [-0.1, -0.05) is 29.8 Å². The van der Waals surface area contributed by atoms with Gasteiger partial charge in [-0.15, -0.1) is 0 Å². The average Bonchev–Trinajstić information content (AvgIpc) is 3.12. The van der Waals surface area contributed by atoms with Crippen molar-refractivity contribution in [3.8, 4) is 0 Å². The van der Waals surface area contributed by atoms with Crippen LogP contribution in [0.1, 0.15) is 24.0 Å². The molecule has 98 valence electrons. The van der Waals surface area contributed by atoms with Crippen LogP contribution in [-0.4, -0.2) is 17.2 Å². The molecule has 1 fully saturated rings. The molecule has 0 aliphatic heterocycles. The van der Waals surface area contributed by atoms with Crippen molar-refractivity contribution in [2.45, 2.75) is 31.1 Å². The Kier molecular flexibility index (Phi) is 3.97. The average molecular weight is 264 g/mol. The fraction of sp³-hybridized carbons (Fsp3) is 0.500. The van der Waals surface area contributed by atoms with E-state index in [0.717, 1.165) is 18.6 Å². The Hall–Kier alpha value is -1.00. The first kappa shape index (κ1) is 13.4. The predicted octanol–water partition coefficient (Wildman–Crippen LogP) is 1.82. The van der Waals surface area contributed by atoms with Crippen molar-refractivity contribution in [1.82, 2.24) is 0 Å². The van der Waals surface area contributed by atoms with Gasteiger partial charge in [0.1, 0.15) is 5.54 Å². The van der Waals surface area contributed by atoms with Crippen molar-refractivity contribution in [2.24, 2.45) is 17.4 Å². The third kappa shape index (κ3) is 3.06. The zero-order valence-corrected chi connectivity index (χ0v) is 11.5. The molecule has 2 rings (SSSR count). The van der Waals surface area contributed by atoms with Crippen LogP contribution in [0.25, 0.3) is 0 Å². The molecule has 0 bridgehead atoms. The summed E-state index contributed by atoms with van der Waals surface area (Å²) in [6, 6.07) is 8.39. The monoisotopic (exact) mass is 264 g/mol. The Morgan fingerprint density at radius 3 is 2.78 bits per heavy atom. The second-order valence-electron chi connectivity index (χ2n) is 5.16. The number of amides is 1. The summed E-state index contributed by atoms with van der Waals surface area (Å²) in [6.07, 6.45) is 2.06. The molecule has 0 radical (unpaired) electrons. The Labute approximate surface area is 112 Å². The Morgan fingerprint density at radius 1 is 1.50 bits per heavy atom. The van der Waals surface area contributed by atoms with Gasteiger partial charge in [0.2, 0.25) is 5.91 Å². The Morgan fingerprint density at radius 2 is 2.22 bits per heavy atom. The van der Waals surface area contributed by atoms with Crippen LogP contribution < -0.4 is 11.5 Å². The van der Waals surface area contributed by atoms with Crippen LogP contribution in [0.4, 0.5) is 0 Å². The van der Waals surface area contributed by atoms with E-state index in [4.69, 9.17) is 11.5 Å². The van der Waals surface area contributed by atoms with Gasteiger partial charge in [-0.3, -0.25) is 4.79 Å². The molecule has 1 aromatic carbocycles. The van der Waals surface area contributed by atoms with E-state index in [-0.39, 0.29) is 5.91 Å². The molecule has 1 amide bonds. The molecule has 0 heterocycles. The van der Waals surface area contributed by atoms with Crippen molar-refractivity contribution >= 4 is 17.7 Å². The Balaban J connectivity index is 1.89. The molecule has 4 heteroatoms. The van der Waals surface area contributed by atoms with Crippen LogP contribution in [-0.2, 0) is 10.5 Å². The smallest absolute Gasteiger partial charge is 0.238 e. The van der Waals surface area contributed by atoms with E-state index >= 15 is 0 Å². The summed E-state index contributed by atoms with van der Waals surface area (Å²) in [5.74, 6) is 1.42. The lowest BCUT2D eigenvalue weighted by molar-refractivity contribution is -0.123. The minimum absolute atomic E-state index is 0.292. The first-order chi connectivity index (χ1) is 8.52. The maximum Gasteiger partial charge on any atom is 0.238 e. The van der Waals surface area contributed by atoms with Gasteiger partial charge in [-0.2, -0.15) is 11.8 Å². The van der Waals surface area contributed by atoms with Gasteiger partial charge < -0.3 is 11.5 Å². The number of hydrogen-bond donors (Lipinski definition) is 2. The molecule has 1 unspecified atom stereocenters. The lowest BCUT2D eigenvalue weighted by Gasteiger charge is -2.25. The molecule has 1 aliphatic rings. The minimum atomic E-state index is -0.811. The predicted molar refractivity (Wildman–Crippen MR) is 76.2 cm³/mol. The van der Waals surface area contributed by atoms with Gasteiger partial charge in [-0.05, 0) is 31.2 Å². The molecular formula is C14H20N2OS. The molecule has 4 N–H and O–H groups in total. The van der Waals surface area contributed by atoms with E-state index in [9.17, 15) is 4.79 Å². The lowest BCUT2D eigenvalue weighted by atomic mass is 9.96. The summed E-state index contributed by atoms with van der Waals surface area (Å²) in [7, 11) is 0. The van der Waals surface area contributed by atoms with Crippen molar-refractivity contribution in [1.29, 1.82) is 0 Å². The molecule has 18 heavy (non-hydrogen) atoms. The molecule has 3 nitrogen and oxygen atoms in total. The summed E-state index contributed by atoms with van der Waals surface area (Å²) in [6.45, 7) is 2.08. The zero-order valence-electron chi connectivity index (χ0n) is 10.7. The second-order valence-corrected chi connectivity index (χ2v) is 6.15. The molecule has 0 spiro atoms. The molecule has 1 saturated carbocycles. The van der Waals surface area contributed by atoms with Crippen LogP contribution >= 0.6 is 11.8 Å². The molecule has 1 atom stereocenters. The molecule has 0 saturated heterocycles. The number of rotatable bonds is 6. The zero-order chi connectivity index (χ0) is 13.2. The van der Waals surface area contributed by atoms with E-state index in [2.05, 4.69) is 31.2 Å². The number of thioether (sulfide) groups is 1. The van der Waals surface area contributed by atoms with E-state index in [1.54, 1.807) is 11.8 Å². The first-order valence-electron chi connectivity index (χ1n) is 6.24. The number of hydrogen-bond acceptors (Lipinski definition) is 3. The van der Waals surface area contributed by atoms with Crippen LogP contribution in [0, 0.1) is 12.8 Å². The third-order valence-corrected chi connectivity index (χ3v) is 4.68. The largest absolute Gasteiger partial charge is 0.368 e. The maximum atomic E-state index is 11.5. The van der Waals surface area contributed by atoms with Gasteiger partial charge in [0.25, 0.3) is 0 Å². The molecule has 0 aromatic heterocycles. The molecule has 1 aromatic rings. The van der Waals surface area contributed by atoms with Gasteiger partial charge in [0, 0.05) is 11.5 Å². The minimum Gasteiger partial charge on any atom is -0.368 e. The molecular weight excluding hydrogens is 244 g/mol. The summed E-state index contributed by atoms with van der Waals surface area (Å²) in [5.41, 5.74) is 13.3. The van der Waals surface area contributed by atoms with Crippen LogP contribution in [0.15, 0.2) is 24.3 Å². The summed E-state index contributed by atoms with van der Waals surface area (Å²) < 4.78 is 0. The summed E-state index contributed by atoms with van der Waals surface area (Å²) in [5, 5.41) is 0. The lowest BCUT2D eigenvalue weighted by Crippen LogP contribution is -2.56. The highest BCUT2D eigenvalue weighted by Gasteiger charge is 2.46. The maximum absolute atomic E-state index is 11.5. The standard InChI is InChI=1S/C14H20N2OS/c1-10-3-2-4-11(7-10)8-18-9-14(16,13(15)17)12-5-6-12/h2-4,7,12H,5-6,8-9,16H2,1H3,(H2,15,17). The van der Waals surface area contributed by atoms with Crippen LogP contribution in [0.2, 0.25) is 0 Å². The second kappa shape index (κ2) is 5.33. The normalized spacial score (nSPS) is 18.3. The highest BCUT2D eigenvalue weighted by molar-refractivity contribution is 7.98. The summed E-state index contributed by atoms with van der Waals surface area (Å²) in [4.78, 5) is 11.5. The van der Waals surface area contributed by atoms with E-state index < -0.39 is 5.54 Å². The van der Waals surface area contributed by atoms with Crippen LogP contribution in [0.3, 0.4) is 0 Å². The van der Waals surface area contributed by atoms with E-state index in [0.29, 0.717) is 11.7 Å². The number of nitrogens with two attached hydrogens (primary N) is 2. The fourth-order valence-corrected chi connectivity index (χ4v) is 3.36. The first-order valence-corrected chi connectivity index (χ1v) is 7.40. The highest BCUT2D eigenvalue weighted by atomic mass is 32.2. The molecule has 1 aliphatic carbocycles. The topological polar surface area (TPSA) is 69.1 Å². The number of carbonyl (C=O) groups is 1. The van der Waals surface area contributed by atoms with Crippen molar-refractivity contribution < 1.29 is 4.79 Å². The third-order valence-electron chi connectivity index (χ3n) is 3.46. The number of primary amides is 1. The quantitative estimate of drug-likeness (QED) is 0.823. The van der Waals surface area contributed by atoms with Crippen molar-refractivity contribution in [3.05, 3.63) is 35.4 Å². The van der Waals surface area contributed by atoms with Gasteiger partial charge in [-0.25, -0.2) is 0 Å². The van der Waals surface area contributed by atoms with Crippen molar-refractivity contribution in [2.75, 3.05) is 5.75 Å². The number of carbonyl (C=O) groups excluding carboxylic acids is 1. The number of benzene rings is 1. The van der Waals surface area contributed by atoms with Gasteiger partial charge >= 0.3 is 0 Å². The SMILES string of the molecule is Cc1cccc(CSCC(N)(C(N)=O)C2CC2)c1. The van der Waals surface area contributed by atoms with Gasteiger partial charge in [0.15, 0.2) is 0 Å².